The molecule has 2 aromatic rings. The van der Waals surface area contributed by atoms with Gasteiger partial charge in [0.05, 0.1) is 31.6 Å². The molecule has 1 aromatic heterocycles. The monoisotopic (exact) mass is 332 g/mol. The molecule has 23 heavy (non-hydrogen) atoms. The third kappa shape index (κ3) is 3.77. The minimum Gasteiger partial charge on any atom is -0.465 e. The Bertz CT molecular complexity index is 669. The van der Waals surface area contributed by atoms with Gasteiger partial charge in [0, 0.05) is 30.1 Å². The fourth-order valence-electron chi connectivity index (χ4n) is 2.58. The van der Waals surface area contributed by atoms with Gasteiger partial charge >= 0.3 is 5.97 Å². The first-order chi connectivity index (χ1) is 11.2. The molecule has 0 amide bonds. The molecule has 2 heterocycles. The van der Waals surface area contributed by atoms with Crippen molar-refractivity contribution in [2.75, 3.05) is 26.9 Å². The van der Waals surface area contributed by atoms with Crippen LogP contribution in [-0.2, 0) is 16.0 Å². The highest BCUT2D eigenvalue weighted by molar-refractivity contribution is 7.13. The van der Waals surface area contributed by atoms with Crippen LogP contribution in [-0.4, -0.2) is 48.8 Å². The van der Waals surface area contributed by atoms with Crippen molar-refractivity contribution in [3.05, 3.63) is 40.9 Å². The Kier molecular flexibility index (Phi) is 5.05. The number of hydrogen-bond donors (Lipinski definition) is 0. The van der Waals surface area contributed by atoms with Crippen LogP contribution in [0.1, 0.15) is 23.0 Å². The Morgan fingerprint density at radius 1 is 1.43 bits per heavy atom. The average Bonchev–Trinajstić information content (AvgIpc) is 3.05. The van der Waals surface area contributed by atoms with Crippen molar-refractivity contribution >= 4 is 17.3 Å². The van der Waals surface area contributed by atoms with Gasteiger partial charge in [-0.05, 0) is 19.1 Å². The third-order valence-corrected chi connectivity index (χ3v) is 4.92. The fourth-order valence-corrected chi connectivity index (χ4v) is 3.40. The Morgan fingerprint density at radius 3 is 2.91 bits per heavy atom. The Labute approximate surface area is 139 Å². The number of nitrogens with zero attached hydrogens (tertiary/aromatic N) is 2. The molecule has 0 unspecified atom stereocenters. The molecule has 0 N–H and O–H groups in total. The number of esters is 1. The lowest BCUT2D eigenvalue weighted by molar-refractivity contribution is -0.00482. The number of thiazole rings is 1. The second-order valence-corrected chi connectivity index (χ2v) is 6.47. The molecule has 0 aliphatic carbocycles. The number of hydrogen-bond acceptors (Lipinski definition) is 6. The molecule has 1 aliphatic rings. The van der Waals surface area contributed by atoms with Gasteiger partial charge < -0.3 is 9.47 Å². The molecule has 0 saturated carbocycles. The van der Waals surface area contributed by atoms with Gasteiger partial charge in [0.1, 0.15) is 5.01 Å². The molecule has 0 radical (unpaired) electrons. The topological polar surface area (TPSA) is 51.7 Å². The fraction of sp³-hybridized carbons (Fsp3) is 0.412. The maximum absolute atomic E-state index is 11.5. The molecular formula is C17H20N2O3S. The first kappa shape index (κ1) is 16.1. The van der Waals surface area contributed by atoms with Crippen molar-refractivity contribution in [3.63, 3.8) is 0 Å². The first-order valence-corrected chi connectivity index (χ1v) is 8.50. The SMILES string of the molecule is COC(=O)c1ccc(-c2nc(CN3CCOC[C@H]3C)cs2)cc1. The smallest absolute Gasteiger partial charge is 0.337 e. The molecule has 3 rings (SSSR count). The summed E-state index contributed by atoms with van der Waals surface area (Å²) < 4.78 is 10.2. The molecule has 1 aliphatic heterocycles. The highest BCUT2D eigenvalue weighted by atomic mass is 32.1. The Hall–Kier alpha value is -1.76. The van der Waals surface area contributed by atoms with E-state index in [0.29, 0.717) is 11.6 Å². The van der Waals surface area contributed by atoms with Crippen LogP contribution in [0.3, 0.4) is 0 Å². The van der Waals surface area contributed by atoms with Gasteiger partial charge in [-0.25, -0.2) is 9.78 Å². The van der Waals surface area contributed by atoms with Crippen LogP contribution in [0.2, 0.25) is 0 Å². The van der Waals surface area contributed by atoms with Gasteiger partial charge in [0.15, 0.2) is 0 Å². The molecule has 122 valence electrons. The number of methoxy groups -OCH3 is 1. The number of rotatable bonds is 4. The number of morpholine rings is 1. The van der Waals surface area contributed by atoms with Gasteiger partial charge in [-0.1, -0.05) is 12.1 Å². The first-order valence-electron chi connectivity index (χ1n) is 7.62. The van der Waals surface area contributed by atoms with Gasteiger partial charge in [-0.3, -0.25) is 4.90 Å². The highest BCUT2D eigenvalue weighted by Crippen LogP contribution is 2.25. The maximum atomic E-state index is 11.5. The van der Waals surface area contributed by atoms with Crippen LogP contribution in [0.15, 0.2) is 29.6 Å². The molecule has 0 spiro atoms. The third-order valence-electron chi connectivity index (χ3n) is 3.98. The Morgan fingerprint density at radius 2 is 2.22 bits per heavy atom. The van der Waals surface area contributed by atoms with Crippen LogP contribution < -0.4 is 0 Å². The summed E-state index contributed by atoms with van der Waals surface area (Å²) in [6, 6.07) is 7.78. The van der Waals surface area contributed by atoms with Crippen molar-refractivity contribution in [1.82, 2.24) is 9.88 Å². The predicted molar refractivity (Wildman–Crippen MR) is 89.6 cm³/mol. The number of ether oxygens (including phenoxy) is 2. The highest BCUT2D eigenvalue weighted by Gasteiger charge is 2.19. The summed E-state index contributed by atoms with van der Waals surface area (Å²) >= 11 is 1.63. The van der Waals surface area contributed by atoms with Crippen molar-refractivity contribution in [2.45, 2.75) is 19.5 Å². The lowest BCUT2D eigenvalue weighted by Gasteiger charge is -2.32. The lowest BCUT2D eigenvalue weighted by atomic mass is 10.1. The lowest BCUT2D eigenvalue weighted by Crippen LogP contribution is -2.42. The minimum atomic E-state index is -0.322. The van der Waals surface area contributed by atoms with Gasteiger partial charge in [0.2, 0.25) is 0 Å². The van der Waals surface area contributed by atoms with E-state index in [2.05, 4.69) is 17.2 Å². The summed E-state index contributed by atoms with van der Waals surface area (Å²) in [6.07, 6.45) is 0. The van der Waals surface area contributed by atoms with Crippen LogP contribution in [0.5, 0.6) is 0 Å². The van der Waals surface area contributed by atoms with E-state index in [0.717, 1.165) is 42.6 Å². The van der Waals surface area contributed by atoms with Crippen molar-refractivity contribution in [1.29, 1.82) is 0 Å². The number of carbonyl (C=O) groups is 1. The molecule has 1 fully saturated rings. The van der Waals surface area contributed by atoms with Crippen molar-refractivity contribution < 1.29 is 14.3 Å². The molecule has 6 heteroatoms. The van der Waals surface area contributed by atoms with E-state index < -0.39 is 0 Å². The Balaban J connectivity index is 1.70. The van der Waals surface area contributed by atoms with Gasteiger partial charge in [-0.15, -0.1) is 11.3 Å². The summed E-state index contributed by atoms with van der Waals surface area (Å²) in [5, 5.41) is 3.07. The minimum absolute atomic E-state index is 0.322. The zero-order chi connectivity index (χ0) is 16.2. The van der Waals surface area contributed by atoms with E-state index >= 15 is 0 Å². The number of carbonyl (C=O) groups excluding carboxylic acids is 1. The summed E-state index contributed by atoms with van der Waals surface area (Å²) in [6.45, 7) is 5.55. The zero-order valence-corrected chi connectivity index (χ0v) is 14.1. The molecule has 0 bridgehead atoms. The average molecular weight is 332 g/mol. The summed E-state index contributed by atoms with van der Waals surface area (Å²) in [7, 11) is 1.38. The van der Waals surface area contributed by atoms with Gasteiger partial charge in [-0.2, -0.15) is 0 Å². The van der Waals surface area contributed by atoms with E-state index in [1.165, 1.54) is 7.11 Å². The van der Waals surface area contributed by atoms with Crippen LogP contribution in [0, 0.1) is 0 Å². The van der Waals surface area contributed by atoms with E-state index in [9.17, 15) is 4.79 Å². The van der Waals surface area contributed by atoms with E-state index in [4.69, 9.17) is 14.5 Å². The number of benzene rings is 1. The summed E-state index contributed by atoms with van der Waals surface area (Å²) in [4.78, 5) is 18.6. The van der Waals surface area contributed by atoms with Crippen LogP contribution in [0.25, 0.3) is 10.6 Å². The second kappa shape index (κ2) is 7.21. The van der Waals surface area contributed by atoms with E-state index in [-0.39, 0.29) is 5.97 Å². The van der Waals surface area contributed by atoms with E-state index in [1.54, 1.807) is 23.5 Å². The maximum Gasteiger partial charge on any atom is 0.337 e. The van der Waals surface area contributed by atoms with Crippen LogP contribution in [0.4, 0.5) is 0 Å². The van der Waals surface area contributed by atoms with Crippen molar-refractivity contribution in [2.24, 2.45) is 0 Å². The van der Waals surface area contributed by atoms with Gasteiger partial charge in [0.25, 0.3) is 0 Å². The predicted octanol–water partition coefficient (Wildman–Crippen LogP) is 2.82. The summed E-state index contributed by atoms with van der Waals surface area (Å²) in [5.74, 6) is -0.322. The quantitative estimate of drug-likeness (QED) is 0.806. The zero-order valence-electron chi connectivity index (χ0n) is 13.3. The standard InChI is InChI=1S/C17H20N2O3S/c1-12-10-22-8-7-19(12)9-15-11-23-16(18-15)13-3-5-14(6-4-13)17(20)21-2/h3-6,11-12H,7-10H2,1-2H3/t12-/m1/s1. The molecule has 5 nitrogen and oxygen atoms in total. The molecule has 1 aromatic carbocycles. The normalized spacial score (nSPS) is 18.8. The molecule has 1 atom stereocenters. The molecular weight excluding hydrogens is 312 g/mol. The summed E-state index contributed by atoms with van der Waals surface area (Å²) in [5.41, 5.74) is 2.65. The van der Waals surface area contributed by atoms with E-state index in [1.807, 2.05) is 12.1 Å². The van der Waals surface area contributed by atoms with Crippen LogP contribution >= 0.6 is 11.3 Å². The number of aromatic nitrogens is 1. The largest absolute Gasteiger partial charge is 0.465 e. The molecule has 1 saturated heterocycles. The second-order valence-electron chi connectivity index (χ2n) is 5.61. The van der Waals surface area contributed by atoms with Crippen molar-refractivity contribution in [3.8, 4) is 10.6 Å².